The lowest BCUT2D eigenvalue weighted by Crippen LogP contribution is -2.44. The summed E-state index contributed by atoms with van der Waals surface area (Å²) in [5, 5.41) is 2.93. The molecule has 0 aliphatic heterocycles. The summed E-state index contributed by atoms with van der Waals surface area (Å²) in [5.74, 6) is 1.07. The standard InChI is InChI=1S/C17H25NO3/c1-5-12(2)21-15-10-8-14(9-11-15)18-16(19)17(3,20-4)13-6-7-13/h8-13H,5-7H2,1-4H3,(H,18,19)/t12-,17+/m0/s1. The summed E-state index contributed by atoms with van der Waals surface area (Å²) in [7, 11) is 1.60. The largest absolute Gasteiger partial charge is 0.491 e. The fourth-order valence-corrected chi connectivity index (χ4v) is 2.27. The van der Waals surface area contributed by atoms with Crippen LogP contribution in [0.2, 0.25) is 0 Å². The van der Waals surface area contributed by atoms with E-state index >= 15 is 0 Å². The molecule has 2 rings (SSSR count). The van der Waals surface area contributed by atoms with Crippen LogP contribution in [0.4, 0.5) is 5.69 Å². The number of hydrogen-bond donors (Lipinski definition) is 1. The van der Waals surface area contributed by atoms with E-state index in [0.717, 1.165) is 30.7 Å². The van der Waals surface area contributed by atoms with Gasteiger partial charge in [0.2, 0.25) is 0 Å². The van der Waals surface area contributed by atoms with E-state index in [0.29, 0.717) is 5.92 Å². The molecule has 4 heteroatoms. The van der Waals surface area contributed by atoms with Gasteiger partial charge in [-0.05, 0) is 63.3 Å². The molecule has 4 nitrogen and oxygen atoms in total. The summed E-state index contributed by atoms with van der Waals surface area (Å²) < 4.78 is 11.2. The number of amides is 1. The Kier molecular flexibility index (Phi) is 4.88. The minimum absolute atomic E-state index is 0.0805. The second-order valence-corrected chi connectivity index (χ2v) is 5.90. The van der Waals surface area contributed by atoms with E-state index in [4.69, 9.17) is 9.47 Å². The molecular weight excluding hydrogens is 266 g/mol. The second kappa shape index (κ2) is 6.48. The van der Waals surface area contributed by atoms with E-state index in [2.05, 4.69) is 12.2 Å². The Morgan fingerprint density at radius 2 is 2.00 bits per heavy atom. The van der Waals surface area contributed by atoms with E-state index in [1.54, 1.807) is 7.11 Å². The number of ether oxygens (including phenoxy) is 2. The zero-order valence-electron chi connectivity index (χ0n) is 13.3. The fourth-order valence-electron chi connectivity index (χ4n) is 2.27. The zero-order valence-corrected chi connectivity index (χ0v) is 13.3. The number of methoxy groups -OCH3 is 1. The molecular formula is C17H25NO3. The quantitative estimate of drug-likeness (QED) is 0.834. The number of rotatable bonds is 7. The van der Waals surface area contributed by atoms with Crippen molar-refractivity contribution in [3.8, 4) is 5.75 Å². The number of hydrogen-bond acceptors (Lipinski definition) is 3. The van der Waals surface area contributed by atoms with Crippen LogP contribution >= 0.6 is 0 Å². The molecule has 0 aromatic heterocycles. The highest BCUT2D eigenvalue weighted by Gasteiger charge is 2.47. The zero-order chi connectivity index (χ0) is 15.5. The van der Waals surface area contributed by atoms with E-state index in [9.17, 15) is 4.79 Å². The Balaban J connectivity index is 1.98. The molecule has 0 unspecified atom stereocenters. The smallest absolute Gasteiger partial charge is 0.256 e. The van der Waals surface area contributed by atoms with Crippen LogP contribution in [0.15, 0.2) is 24.3 Å². The Hall–Kier alpha value is -1.55. The third-order valence-electron chi connectivity index (χ3n) is 4.26. The maximum Gasteiger partial charge on any atom is 0.256 e. The topological polar surface area (TPSA) is 47.6 Å². The highest BCUT2D eigenvalue weighted by Crippen LogP contribution is 2.42. The lowest BCUT2D eigenvalue weighted by molar-refractivity contribution is -0.138. The van der Waals surface area contributed by atoms with Gasteiger partial charge in [-0.2, -0.15) is 0 Å². The Bertz CT molecular complexity index is 481. The van der Waals surface area contributed by atoms with Crippen LogP contribution < -0.4 is 10.1 Å². The van der Waals surface area contributed by atoms with Crippen molar-refractivity contribution in [2.75, 3.05) is 12.4 Å². The molecule has 0 saturated heterocycles. The van der Waals surface area contributed by atoms with Gasteiger partial charge in [-0.25, -0.2) is 0 Å². The number of anilines is 1. The predicted octanol–water partition coefficient (Wildman–Crippen LogP) is 3.62. The molecule has 0 radical (unpaired) electrons. The summed E-state index contributed by atoms with van der Waals surface area (Å²) in [6.07, 6.45) is 3.27. The van der Waals surface area contributed by atoms with Crippen molar-refractivity contribution in [2.24, 2.45) is 5.92 Å². The van der Waals surface area contributed by atoms with Gasteiger partial charge in [0.1, 0.15) is 11.4 Å². The van der Waals surface area contributed by atoms with Crippen LogP contribution in [-0.4, -0.2) is 24.7 Å². The second-order valence-electron chi connectivity index (χ2n) is 5.90. The molecule has 1 aromatic rings. The molecule has 1 fully saturated rings. The minimum atomic E-state index is -0.730. The van der Waals surface area contributed by atoms with Gasteiger partial charge in [-0.15, -0.1) is 0 Å². The predicted molar refractivity (Wildman–Crippen MR) is 83.6 cm³/mol. The first kappa shape index (κ1) is 15.8. The van der Waals surface area contributed by atoms with Crippen LogP contribution in [0.1, 0.15) is 40.0 Å². The van der Waals surface area contributed by atoms with Gasteiger partial charge < -0.3 is 14.8 Å². The minimum Gasteiger partial charge on any atom is -0.491 e. The van der Waals surface area contributed by atoms with Crippen molar-refractivity contribution in [2.45, 2.75) is 51.7 Å². The average molecular weight is 291 g/mol. The normalized spacial score (nSPS) is 18.7. The molecule has 2 atom stereocenters. The van der Waals surface area contributed by atoms with Gasteiger partial charge >= 0.3 is 0 Å². The molecule has 0 bridgehead atoms. The van der Waals surface area contributed by atoms with Gasteiger partial charge in [0, 0.05) is 12.8 Å². The van der Waals surface area contributed by atoms with Crippen molar-refractivity contribution in [1.29, 1.82) is 0 Å². The molecule has 116 valence electrons. The first-order valence-electron chi connectivity index (χ1n) is 7.63. The Morgan fingerprint density at radius 3 is 2.48 bits per heavy atom. The number of carbonyl (C=O) groups excluding carboxylic acids is 1. The van der Waals surface area contributed by atoms with Crippen molar-refractivity contribution in [1.82, 2.24) is 0 Å². The highest BCUT2D eigenvalue weighted by molar-refractivity contribution is 5.97. The van der Waals surface area contributed by atoms with Gasteiger partial charge in [0.25, 0.3) is 5.91 Å². The van der Waals surface area contributed by atoms with Crippen LogP contribution in [-0.2, 0) is 9.53 Å². The van der Waals surface area contributed by atoms with Gasteiger partial charge in [-0.1, -0.05) is 6.92 Å². The van der Waals surface area contributed by atoms with E-state index in [1.807, 2.05) is 38.1 Å². The third kappa shape index (κ3) is 3.76. The summed E-state index contributed by atoms with van der Waals surface area (Å²) in [6.45, 7) is 5.98. The summed E-state index contributed by atoms with van der Waals surface area (Å²) >= 11 is 0. The summed E-state index contributed by atoms with van der Waals surface area (Å²) in [4.78, 5) is 12.4. The van der Waals surface area contributed by atoms with Gasteiger partial charge in [-0.3, -0.25) is 4.79 Å². The van der Waals surface area contributed by atoms with Gasteiger partial charge in [0.05, 0.1) is 6.10 Å². The lowest BCUT2D eigenvalue weighted by atomic mass is 9.99. The van der Waals surface area contributed by atoms with Crippen LogP contribution in [0.3, 0.4) is 0 Å². The highest BCUT2D eigenvalue weighted by atomic mass is 16.5. The van der Waals surface area contributed by atoms with Crippen LogP contribution in [0.5, 0.6) is 5.75 Å². The SMILES string of the molecule is CC[C@H](C)Oc1ccc(NC(=O)[C@](C)(OC)C2CC2)cc1. The summed E-state index contributed by atoms with van der Waals surface area (Å²) in [6, 6.07) is 7.48. The fraction of sp³-hybridized carbons (Fsp3) is 0.588. The monoisotopic (exact) mass is 291 g/mol. The average Bonchev–Trinajstić information content (AvgIpc) is 3.33. The van der Waals surface area contributed by atoms with Crippen molar-refractivity contribution in [3.63, 3.8) is 0 Å². The maximum atomic E-state index is 12.4. The van der Waals surface area contributed by atoms with Crippen LogP contribution in [0, 0.1) is 5.92 Å². The molecule has 0 spiro atoms. The third-order valence-corrected chi connectivity index (χ3v) is 4.26. The van der Waals surface area contributed by atoms with E-state index < -0.39 is 5.60 Å². The van der Waals surface area contributed by atoms with Crippen molar-refractivity contribution < 1.29 is 14.3 Å². The first-order chi connectivity index (χ1) is 9.99. The Morgan fingerprint density at radius 1 is 1.38 bits per heavy atom. The van der Waals surface area contributed by atoms with E-state index in [1.165, 1.54) is 0 Å². The molecule has 1 aromatic carbocycles. The maximum absolute atomic E-state index is 12.4. The van der Waals surface area contributed by atoms with Crippen LogP contribution in [0.25, 0.3) is 0 Å². The number of carbonyl (C=O) groups is 1. The molecule has 1 aliphatic carbocycles. The molecule has 1 N–H and O–H groups in total. The molecule has 1 amide bonds. The van der Waals surface area contributed by atoms with Crippen molar-refractivity contribution in [3.05, 3.63) is 24.3 Å². The first-order valence-corrected chi connectivity index (χ1v) is 7.63. The molecule has 1 saturated carbocycles. The van der Waals surface area contributed by atoms with Crippen molar-refractivity contribution >= 4 is 11.6 Å². The lowest BCUT2D eigenvalue weighted by Gasteiger charge is -2.26. The molecule has 0 heterocycles. The molecule has 21 heavy (non-hydrogen) atoms. The number of benzene rings is 1. The Labute approximate surface area is 126 Å². The molecule has 1 aliphatic rings. The summed E-state index contributed by atoms with van der Waals surface area (Å²) in [5.41, 5.74) is 0.0340. The number of nitrogens with one attached hydrogen (secondary N) is 1. The van der Waals surface area contributed by atoms with E-state index in [-0.39, 0.29) is 12.0 Å². The van der Waals surface area contributed by atoms with Gasteiger partial charge in [0.15, 0.2) is 0 Å².